The van der Waals surface area contributed by atoms with Crippen molar-refractivity contribution in [3.05, 3.63) is 23.2 Å². The molecule has 1 atom stereocenters. The maximum absolute atomic E-state index is 6.01. The van der Waals surface area contributed by atoms with E-state index >= 15 is 0 Å². The van der Waals surface area contributed by atoms with Crippen molar-refractivity contribution in [1.29, 1.82) is 0 Å². The second-order valence-corrected chi connectivity index (χ2v) is 6.87. The van der Waals surface area contributed by atoms with E-state index in [1.54, 1.807) is 0 Å². The summed E-state index contributed by atoms with van der Waals surface area (Å²) >= 11 is 0. The van der Waals surface area contributed by atoms with Gasteiger partial charge in [0, 0.05) is 12.1 Å². The molecule has 1 aromatic heterocycles. The van der Waals surface area contributed by atoms with Crippen molar-refractivity contribution in [2.75, 3.05) is 7.05 Å². The predicted molar refractivity (Wildman–Crippen MR) is 83.7 cm³/mol. The zero-order valence-corrected chi connectivity index (χ0v) is 13.7. The van der Waals surface area contributed by atoms with Gasteiger partial charge in [-0.1, -0.05) is 13.8 Å². The minimum absolute atomic E-state index is 0.591. The molecule has 2 rings (SSSR count). The first-order chi connectivity index (χ1) is 9.45. The standard InChI is InChI=1S/C17H30N2O/c1-12(2)8-14(4)19(5)11-16-9-13(3)17(20-16)10-18-15-6-7-15/h9,12,14-15,18H,6-8,10-11H2,1-5H3. The SMILES string of the molecule is Cc1cc(CN(C)C(C)CC(C)C)oc1CNC1CC1. The van der Waals surface area contributed by atoms with E-state index in [0.29, 0.717) is 6.04 Å². The molecule has 3 nitrogen and oxygen atoms in total. The molecule has 20 heavy (non-hydrogen) atoms. The van der Waals surface area contributed by atoms with Crippen LogP contribution in [0.3, 0.4) is 0 Å². The molecule has 1 saturated carbocycles. The van der Waals surface area contributed by atoms with E-state index in [2.05, 4.69) is 51.0 Å². The molecule has 1 aliphatic carbocycles. The molecule has 0 saturated heterocycles. The summed E-state index contributed by atoms with van der Waals surface area (Å²) in [5, 5.41) is 3.52. The van der Waals surface area contributed by atoms with Gasteiger partial charge in [-0.05, 0) is 57.7 Å². The van der Waals surface area contributed by atoms with Gasteiger partial charge < -0.3 is 9.73 Å². The number of nitrogens with one attached hydrogen (secondary N) is 1. The van der Waals surface area contributed by atoms with E-state index in [1.807, 2.05) is 0 Å². The summed E-state index contributed by atoms with van der Waals surface area (Å²) in [5.41, 5.74) is 1.28. The third kappa shape index (κ3) is 4.64. The molecule has 0 radical (unpaired) electrons. The molecular formula is C17H30N2O. The molecule has 0 bridgehead atoms. The molecule has 1 unspecified atom stereocenters. The zero-order chi connectivity index (χ0) is 14.7. The average Bonchev–Trinajstić information content (AvgIpc) is 3.11. The van der Waals surface area contributed by atoms with E-state index in [9.17, 15) is 0 Å². The van der Waals surface area contributed by atoms with Crippen LogP contribution < -0.4 is 5.32 Å². The summed E-state index contributed by atoms with van der Waals surface area (Å²) in [4.78, 5) is 2.39. The topological polar surface area (TPSA) is 28.4 Å². The maximum atomic E-state index is 6.01. The summed E-state index contributed by atoms with van der Waals surface area (Å²) < 4.78 is 6.01. The van der Waals surface area contributed by atoms with E-state index < -0.39 is 0 Å². The van der Waals surface area contributed by atoms with Crippen LogP contribution in [-0.2, 0) is 13.1 Å². The first-order valence-electron chi connectivity index (χ1n) is 7.97. The van der Waals surface area contributed by atoms with Crippen LogP contribution in [0.25, 0.3) is 0 Å². The maximum Gasteiger partial charge on any atom is 0.120 e. The lowest BCUT2D eigenvalue weighted by atomic mass is 10.0. The van der Waals surface area contributed by atoms with Gasteiger partial charge in [-0.2, -0.15) is 0 Å². The number of aryl methyl sites for hydroxylation is 1. The molecule has 114 valence electrons. The van der Waals surface area contributed by atoms with Crippen LogP contribution in [0.5, 0.6) is 0 Å². The number of rotatable bonds is 8. The molecule has 3 heteroatoms. The largest absolute Gasteiger partial charge is 0.463 e. The summed E-state index contributed by atoms with van der Waals surface area (Å²) in [6.45, 7) is 10.8. The van der Waals surface area contributed by atoms with Crippen LogP contribution in [-0.4, -0.2) is 24.0 Å². The Morgan fingerprint density at radius 1 is 1.35 bits per heavy atom. The molecule has 0 amide bonds. The Bertz CT molecular complexity index is 421. The molecule has 1 aromatic rings. The van der Waals surface area contributed by atoms with Gasteiger partial charge in [0.25, 0.3) is 0 Å². The normalized spacial score (nSPS) is 17.1. The molecule has 0 aliphatic heterocycles. The highest BCUT2D eigenvalue weighted by Crippen LogP contribution is 2.22. The van der Waals surface area contributed by atoms with Crippen molar-refractivity contribution in [1.82, 2.24) is 10.2 Å². The van der Waals surface area contributed by atoms with E-state index in [-0.39, 0.29) is 0 Å². The lowest BCUT2D eigenvalue weighted by molar-refractivity contribution is 0.203. The number of furan rings is 1. The first-order valence-corrected chi connectivity index (χ1v) is 7.97. The smallest absolute Gasteiger partial charge is 0.120 e. The number of hydrogen-bond acceptors (Lipinski definition) is 3. The van der Waals surface area contributed by atoms with Crippen LogP contribution in [0.1, 0.15) is 57.1 Å². The molecule has 1 fully saturated rings. The molecular weight excluding hydrogens is 248 g/mol. The fourth-order valence-electron chi connectivity index (χ4n) is 2.63. The van der Waals surface area contributed by atoms with Crippen molar-refractivity contribution in [3.63, 3.8) is 0 Å². The van der Waals surface area contributed by atoms with Crippen molar-refractivity contribution >= 4 is 0 Å². The van der Waals surface area contributed by atoms with Gasteiger partial charge in [0.1, 0.15) is 11.5 Å². The van der Waals surface area contributed by atoms with Crippen LogP contribution >= 0.6 is 0 Å². The highest BCUT2D eigenvalue weighted by atomic mass is 16.3. The summed E-state index contributed by atoms with van der Waals surface area (Å²) in [6.07, 6.45) is 3.87. The lowest BCUT2D eigenvalue weighted by Gasteiger charge is -2.25. The van der Waals surface area contributed by atoms with Gasteiger partial charge in [0.2, 0.25) is 0 Å². The van der Waals surface area contributed by atoms with E-state index in [0.717, 1.165) is 36.6 Å². The van der Waals surface area contributed by atoms with Crippen LogP contribution in [0.15, 0.2) is 10.5 Å². The monoisotopic (exact) mass is 278 g/mol. The van der Waals surface area contributed by atoms with Crippen LogP contribution in [0.4, 0.5) is 0 Å². The third-order valence-corrected chi connectivity index (χ3v) is 4.17. The second-order valence-electron chi connectivity index (χ2n) is 6.87. The van der Waals surface area contributed by atoms with Gasteiger partial charge in [-0.25, -0.2) is 0 Å². The van der Waals surface area contributed by atoms with Crippen molar-refractivity contribution in [3.8, 4) is 0 Å². The van der Waals surface area contributed by atoms with E-state index in [4.69, 9.17) is 4.42 Å². The van der Waals surface area contributed by atoms with Gasteiger partial charge in [0.15, 0.2) is 0 Å². The minimum atomic E-state index is 0.591. The fraction of sp³-hybridized carbons (Fsp3) is 0.765. The summed E-state index contributed by atoms with van der Waals surface area (Å²) in [5.74, 6) is 2.94. The van der Waals surface area contributed by atoms with Crippen LogP contribution in [0.2, 0.25) is 0 Å². The van der Waals surface area contributed by atoms with Gasteiger partial charge >= 0.3 is 0 Å². The summed E-state index contributed by atoms with van der Waals surface area (Å²) in [7, 11) is 2.19. The Hall–Kier alpha value is -0.800. The zero-order valence-electron chi connectivity index (χ0n) is 13.7. The number of hydrogen-bond donors (Lipinski definition) is 1. The third-order valence-electron chi connectivity index (χ3n) is 4.17. The highest BCUT2D eigenvalue weighted by molar-refractivity contribution is 5.20. The Kier molecular flexibility index (Phi) is 5.28. The Morgan fingerprint density at radius 3 is 2.65 bits per heavy atom. The predicted octanol–water partition coefficient (Wildman–Crippen LogP) is 3.71. The Labute approximate surface area is 123 Å². The quantitative estimate of drug-likeness (QED) is 0.786. The van der Waals surface area contributed by atoms with Crippen LogP contribution in [0, 0.1) is 12.8 Å². The fourth-order valence-corrected chi connectivity index (χ4v) is 2.63. The molecule has 0 aromatic carbocycles. The lowest BCUT2D eigenvalue weighted by Crippen LogP contribution is -2.29. The average molecular weight is 278 g/mol. The van der Waals surface area contributed by atoms with Crippen molar-refractivity contribution < 1.29 is 4.42 Å². The van der Waals surface area contributed by atoms with Crippen molar-refractivity contribution in [2.24, 2.45) is 5.92 Å². The van der Waals surface area contributed by atoms with E-state index in [1.165, 1.54) is 24.8 Å². The highest BCUT2D eigenvalue weighted by Gasteiger charge is 2.21. The molecule has 0 spiro atoms. The molecule has 1 aliphatic rings. The second kappa shape index (κ2) is 6.77. The number of nitrogens with zero attached hydrogens (tertiary/aromatic N) is 1. The summed E-state index contributed by atoms with van der Waals surface area (Å²) in [6, 6.07) is 3.52. The van der Waals surface area contributed by atoms with Crippen molar-refractivity contribution in [2.45, 2.75) is 72.1 Å². The first kappa shape index (κ1) is 15.6. The van der Waals surface area contributed by atoms with Gasteiger partial charge in [-0.15, -0.1) is 0 Å². The molecule has 1 N–H and O–H groups in total. The van der Waals surface area contributed by atoms with Gasteiger partial charge in [0.05, 0.1) is 13.1 Å². The minimum Gasteiger partial charge on any atom is -0.463 e. The van der Waals surface area contributed by atoms with Gasteiger partial charge in [-0.3, -0.25) is 4.90 Å². The Balaban J connectivity index is 1.86. The Morgan fingerprint density at radius 2 is 2.05 bits per heavy atom. The molecule has 1 heterocycles.